The van der Waals surface area contributed by atoms with Crippen LogP contribution in [0.15, 0.2) is 57.7 Å². The molecule has 1 aromatic carbocycles. The van der Waals surface area contributed by atoms with E-state index >= 15 is 0 Å². The lowest BCUT2D eigenvalue weighted by Crippen LogP contribution is -2.35. The van der Waals surface area contributed by atoms with Gasteiger partial charge in [-0.1, -0.05) is 42.1 Å². The van der Waals surface area contributed by atoms with Crippen molar-refractivity contribution in [2.24, 2.45) is 4.99 Å². The molecule has 108 valence electrons. The summed E-state index contributed by atoms with van der Waals surface area (Å²) in [4.78, 5) is 18.9. The maximum absolute atomic E-state index is 12.3. The summed E-state index contributed by atoms with van der Waals surface area (Å²) in [5, 5.41) is 2.97. The molecule has 1 atom stereocenters. The first-order valence-corrected chi connectivity index (χ1v) is 7.57. The number of fused-ring (bicyclic) bond motifs is 1. The lowest BCUT2D eigenvalue weighted by atomic mass is 9.94. The maximum Gasteiger partial charge on any atom is 0.338 e. The zero-order valence-electron chi connectivity index (χ0n) is 12.2. The van der Waals surface area contributed by atoms with E-state index in [0.717, 1.165) is 22.1 Å². The van der Waals surface area contributed by atoms with Gasteiger partial charge in [-0.3, -0.25) is 0 Å². The van der Waals surface area contributed by atoms with Crippen LogP contribution in [0.2, 0.25) is 0 Å². The Balaban J connectivity index is 2.17. The van der Waals surface area contributed by atoms with Crippen LogP contribution >= 0.6 is 11.8 Å². The Bertz CT molecular complexity index is 677. The van der Waals surface area contributed by atoms with Crippen LogP contribution in [0.4, 0.5) is 0 Å². The van der Waals surface area contributed by atoms with Crippen molar-refractivity contribution in [3.8, 4) is 0 Å². The number of carbonyl (C=O) groups is 1. The number of methoxy groups -OCH3 is 1. The largest absolute Gasteiger partial charge is 0.466 e. The first-order chi connectivity index (χ1) is 10.1. The first-order valence-electron chi connectivity index (χ1n) is 6.69. The van der Waals surface area contributed by atoms with Gasteiger partial charge in [-0.25, -0.2) is 9.79 Å². The van der Waals surface area contributed by atoms with Gasteiger partial charge in [0.25, 0.3) is 0 Å². The topological polar surface area (TPSA) is 41.9 Å². The van der Waals surface area contributed by atoms with E-state index in [-0.39, 0.29) is 12.0 Å². The Morgan fingerprint density at radius 3 is 2.67 bits per heavy atom. The summed E-state index contributed by atoms with van der Waals surface area (Å²) < 4.78 is 4.98. The van der Waals surface area contributed by atoms with Gasteiger partial charge in [0.2, 0.25) is 0 Å². The van der Waals surface area contributed by atoms with E-state index in [9.17, 15) is 4.79 Å². The molecule has 0 amide bonds. The quantitative estimate of drug-likeness (QED) is 0.785. The smallest absolute Gasteiger partial charge is 0.338 e. The van der Waals surface area contributed by atoms with Crippen molar-refractivity contribution in [2.45, 2.75) is 19.9 Å². The van der Waals surface area contributed by atoms with Crippen LogP contribution in [-0.2, 0) is 9.53 Å². The number of benzene rings is 1. The molecular weight excluding hydrogens is 284 g/mol. The zero-order chi connectivity index (χ0) is 15.0. The number of rotatable bonds is 2. The highest BCUT2D eigenvalue weighted by Gasteiger charge is 2.39. The Labute approximate surface area is 128 Å². The molecule has 0 aromatic heterocycles. The SMILES string of the molecule is COC(=O)C1=C(C)N=C2SC=C(C)N2C1c1ccccc1. The van der Waals surface area contributed by atoms with Crippen LogP contribution < -0.4 is 0 Å². The number of thioether (sulfide) groups is 1. The average Bonchev–Trinajstić information content (AvgIpc) is 2.87. The summed E-state index contributed by atoms with van der Waals surface area (Å²) in [7, 11) is 1.41. The van der Waals surface area contributed by atoms with E-state index in [1.807, 2.05) is 44.2 Å². The molecule has 0 saturated carbocycles. The number of allylic oxidation sites excluding steroid dienone is 2. The average molecular weight is 300 g/mol. The van der Waals surface area contributed by atoms with Gasteiger partial charge in [0.15, 0.2) is 5.17 Å². The molecule has 0 fully saturated rings. The van der Waals surface area contributed by atoms with Gasteiger partial charge in [-0.2, -0.15) is 0 Å². The first kappa shape index (κ1) is 13.9. The van der Waals surface area contributed by atoms with Crippen LogP contribution in [0.3, 0.4) is 0 Å². The van der Waals surface area contributed by atoms with Crippen molar-refractivity contribution in [3.05, 3.63) is 58.3 Å². The van der Waals surface area contributed by atoms with Crippen molar-refractivity contribution < 1.29 is 9.53 Å². The fourth-order valence-electron chi connectivity index (χ4n) is 2.65. The standard InChI is InChI=1S/C16H16N2O2S/c1-10-9-21-16-17-11(2)13(15(19)20-3)14(18(10)16)12-7-5-4-6-8-12/h4-9,14H,1-3H3. The van der Waals surface area contributed by atoms with E-state index in [0.29, 0.717) is 5.57 Å². The van der Waals surface area contributed by atoms with Crippen LogP contribution in [0.1, 0.15) is 25.5 Å². The molecule has 4 nitrogen and oxygen atoms in total. The molecule has 0 radical (unpaired) electrons. The summed E-state index contributed by atoms with van der Waals surface area (Å²) in [5.74, 6) is -0.325. The zero-order valence-corrected chi connectivity index (χ0v) is 13.0. The number of amidine groups is 1. The van der Waals surface area contributed by atoms with Gasteiger partial charge in [0, 0.05) is 5.70 Å². The number of nitrogens with zero attached hydrogens (tertiary/aromatic N) is 2. The van der Waals surface area contributed by atoms with E-state index in [1.54, 1.807) is 11.8 Å². The second-order valence-electron chi connectivity index (χ2n) is 4.95. The highest BCUT2D eigenvalue weighted by Crippen LogP contribution is 2.43. The van der Waals surface area contributed by atoms with Crippen molar-refractivity contribution in [1.82, 2.24) is 4.90 Å². The molecule has 0 spiro atoms. The van der Waals surface area contributed by atoms with Gasteiger partial charge in [0.05, 0.1) is 24.4 Å². The highest BCUT2D eigenvalue weighted by atomic mass is 32.2. The number of hydrogen-bond acceptors (Lipinski definition) is 5. The monoisotopic (exact) mass is 300 g/mol. The number of ether oxygens (including phenoxy) is 1. The molecule has 0 N–H and O–H groups in total. The molecule has 2 aliphatic rings. The fourth-order valence-corrected chi connectivity index (χ4v) is 3.59. The van der Waals surface area contributed by atoms with Crippen LogP contribution in [0.25, 0.3) is 0 Å². The minimum atomic E-state index is -0.325. The van der Waals surface area contributed by atoms with Crippen LogP contribution in [0, 0.1) is 0 Å². The number of aliphatic imine (C=N–C) groups is 1. The van der Waals surface area contributed by atoms with Gasteiger partial charge >= 0.3 is 5.97 Å². The van der Waals surface area contributed by atoms with E-state index < -0.39 is 0 Å². The number of carbonyl (C=O) groups excluding carboxylic acids is 1. The minimum Gasteiger partial charge on any atom is -0.466 e. The Kier molecular flexibility index (Phi) is 3.59. The summed E-state index contributed by atoms with van der Waals surface area (Å²) in [6.45, 7) is 3.89. The molecule has 21 heavy (non-hydrogen) atoms. The molecule has 3 rings (SSSR count). The van der Waals surface area contributed by atoms with Gasteiger partial charge in [0.1, 0.15) is 0 Å². The Hall–Kier alpha value is -2.01. The molecule has 0 aliphatic carbocycles. The number of hydrogen-bond donors (Lipinski definition) is 0. The Morgan fingerprint density at radius 2 is 2.00 bits per heavy atom. The van der Waals surface area contributed by atoms with E-state index in [2.05, 4.69) is 15.3 Å². The van der Waals surface area contributed by atoms with Crippen molar-refractivity contribution in [2.75, 3.05) is 7.11 Å². The molecule has 2 aliphatic heterocycles. The lowest BCUT2D eigenvalue weighted by molar-refractivity contribution is -0.136. The summed E-state index contributed by atoms with van der Waals surface area (Å²) >= 11 is 1.59. The number of esters is 1. The predicted molar refractivity (Wildman–Crippen MR) is 84.5 cm³/mol. The van der Waals surface area contributed by atoms with Gasteiger partial charge < -0.3 is 9.64 Å². The normalized spacial score (nSPS) is 20.9. The van der Waals surface area contributed by atoms with E-state index in [1.165, 1.54) is 7.11 Å². The molecule has 1 unspecified atom stereocenters. The predicted octanol–water partition coefficient (Wildman–Crippen LogP) is 3.45. The third-order valence-electron chi connectivity index (χ3n) is 3.63. The summed E-state index contributed by atoms with van der Waals surface area (Å²) in [5.41, 5.74) is 3.46. The summed E-state index contributed by atoms with van der Waals surface area (Å²) in [6.07, 6.45) is 0. The Morgan fingerprint density at radius 1 is 1.29 bits per heavy atom. The third kappa shape index (κ3) is 2.27. The van der Waals surface area contributed by atoms with Gasteiger partial charge in [-0.05, 0) is 24.8 Å². The maximum atomic E-state index is 12.3. The van der Waals surface area contributed by atoms with Crippen molar-refractivity contribution in [3.63, 3.8) is 0 Å². The second-order valence-corrected chi connectivity index (χ2v) is 5.78. The third-order valence-corrected chi connectivity index (χ3v) is 4.58. The lowest BCUT2D eigenvalue weighted by Gasteiger charge is -2.35. The highest BCUT2D eigenvalue weighted by molar-refractivity contribution is 8.16. The summed E-state index contributed by atoms with van der Waals surface area (Å²) in [6, 6.07) is 9.80. The van der Waals surface area contributed by atoms with Crippen LogP contribution in [0.5, 0.6) is 0 Å². The van der Waals surface area contributed by atoms with Crippen LogP contribution in [-0.4, -0.2) is 23.1 Å². The molecule has 5 heteroatoms. The second kappa shape index (κ2) is 5.41. The fraction of sp³-hybridized carbons (Fsp3) is 0.250. The molecule has 1 aromatic rings. The molecular formula is C16H16N2O2S. The van der Waals surface area contributed by atoms with Crippen molar-refractivity contribution in [1.29, 1.82) is 0 Å². The van der Waals surface area contributed by atoms with E-state index in [4.69, 9.17) is 4.74 Å². The van der Waals surface area contributed by atoms with Gasteiger partial charge in [-0.15, -0.1) is 0 Å². The molecule has 0 saturated heterocycles. The molecule has 0 bridgehead atoms. The molecule has 2 heterocycles. The van der Waals surface area contributed by atoms with Crippen molar-refractivity contribution >= 4 is 22.9 Å². The minimum absolute atomic E-state index is 0.183.